The lowest BCUT2D eigenvalue weighted by molar-refractivity contribution is -0.146. The molecule has 2 aromatic carbocycles. The minimum atomic E-state index is -1.50. The van der Waals surface area contributed by atoms with Crippen LogP contribution in [0.25, 0.3) is 22.2 Å². The van der Waals surface area contributed by atoms with Crippen molar-refractivity contribution in [2.45, 2.75) is 83.7 Å². The van der Waals surface area contributed by atoms with E-state index in [0.29, 0.717) is 28.1 Å². The van der Waals surface area contributed by atoms with Gasteiger partial charge in [0.1, 0.15) is 40.8 Å². The summed E-state index contributed by atoms with van der Waals surface area (Å²) in [4.78, 5) is 59.8. The Labute approximate surface area is 292 Å². The molecule has 2 heterocycles. The number of nitrogens with one attached hydrogen (secondary N) is 2. The number of aliphatic carboxylic acids is 1. The van der Waals surface area contributed by atoms with Crippen LogP contribution in [0, 0.1) is 11.3 Å². The number of benzene rings is 2. The number of nitrogens with zero attached hydrogens (tertiary/aromatic N) is 2. The van der Waals surface area contributed by atoms with E-state index in [1.54, 1.807) is 54.7 Å². The molecule has 1 aromatic heterocycles. The molecule has 12 nitrogen and oxygen atoms in total. The summed E-state index contributed by atoms with van der Waals surface area (Å²) in [5, 5.41) is 16.1. The number of likely N-dealkylation sites (tertiary alicyclic amines) is 1. The molecule has 5 atom stereocenters. The number of hydrogen-bond acceptors (Lipinski definition) is 8. The molecule has 1 aliphatic heterocycles. The second-order valence-corrected chi connectivity index (χ2v) is 15.0. The minimum Gasteiger partial charge on any atom is -0.497 e. The fraction of sp³-hybridized carbons (Fsp3) is 0.447. The molecule has 1 saturated heterocycles. The van der Waals surface area contributed by atoms with Crippen LogP contribution in [-0.2, 0) is 19.1 Å². The van der Waals surface area contributed by atoms with E-state index in [2.05, 4.69) is 17.2 Å². The molecular formula is C38H46N4O8. The van der Waals surface area contributed by atoms with Crippen molar-refractivity contribution in [3.63, 3.8) is 0 Å². The summed E-state index contributed by atoms with van der Waals surface area (Å²) in [5.41, 5.74) is -0.950. The fourth-order valence-corrected chi connectivity index (χ4v) is 6.27. The molecule has 5 rings (SSSR count). The fourth-order valence-electron chi connectivity index (χ4n) is 6.27. The molecule has 2 aliphatic rings. The maximum atomic E-state index is 14.4. The number of carboxylic acids is 1. The smallest absolute Gasteiger partial charge is 0.408 e. The Morgan fingerprint density at radius 3 is 2.34 bits per heavy atom. The summed E-state index contributed by atoms with van der Waals surface area (Å²) in [6.45, 7) is 14.3. The van der Waals surface area contributed by atoms with Crippen molar-refractivity contribution in [2.24, 2.45) is 11.3 Å². The van der Waals surface area contributed by atoms with Crippen LogP contribution in [0.15, 0.2) is 67.3 Å². The first-order valence-corrected chi connectivity index (χ1v) is 16.6. The quantitative estimate of drug-likeness (QED) is 0.240. The van der Waals surface area contributed by atoms with Gasteiger partial charge in [-0.2, -0.15) is 0 Å². The number of carbonyl (C=O) groups is 4. The molecular weight excluding hydrogens is 640 g/mol. The lowest BCUT2D eigenvalue weighted by Gasteiger charge is -2.35. The number of amides is 3. The highest BCUT2D eigenvalue weighted by Gasteiger charge is 2.61. The number of alkyl carbamates (subject to hydrolysis) is 1. The van der Waals surface area contributed by atoms with Crippen molar-refractivity contribution in [3.8, 4) is 22.8 Å². The SMILES string of the molecule is C=CC1CC1(NC(=O)[C@@H]1C[C@@H](Oc2cc(-c3ccccc3)nc3cc(OC)ccc23)CN1C(=O)[C@@H](NC(=O)OC(C)(C)C)C(C)(C)C)C(=O)O. The Balaban J connectivity index is 1.51. The average molecular weight is 687 g/mol. The van der Waals surface area contributed by atoms with Crippen LogP contribution in [0.3, 0.4) is 0 Å². The standard InChI is InChI=1S/C38H46N4O8/c1-9-23-20-38(23,34(45)46)41-32(43)29-18-25(21-42(29)33(44)31(36(2,3)4)40-35(47)50-37(5,6)7)49-30-19-27(22-13-11-10-12-14-22)39-28-17-24(48-8)15-16-26(28)30/h9-17,19,23,25,29,31H,1,18,20-21H2,2-8H3,(H,40,47)(H,41,43)(H,45,46)/t23?,25-,29+,31-,38?/m1/s1. The Morgan fingerprint density at radius 1 is 1.06 bits per heavy atom. The van der Waals surface area contributed by atoms with Gasteiger partial charge in [0.15, 0.2) is 0 Å². The van der Waals surface area contributed by atoms with Crippen molar-refractivity contribution < 1.29 is 38.5 Å². The number of methoxy groups -OCH3 is 1. The maximum absolute atomic E-state index is 14.4. The van der Waals surface area contributed by atoms with Crippen LogP contribution in [0.1, 0.15) is 54.4 Å². The van der Waals surface area contributed by atoms with Gasteiger partial charge in [0.25, 0.3) is 0 Å². The molecule has 2 fully saturated rings. The average Bonchev–Trinajstić information content (AvgIpc) is 3.61. The zero-order valence-corrected chi connectivity index (χ0v) is 29.6. The van der Waals surface area contributed by atoms with Crippen molar-refractivity contribution in [1.82, 2.24) is 20.5 Å². The van der Waals surface area contributed by atoms with Gasteiger partial charge in [-0.15, -0.1) is 6.58 Å². The largest absolute Gasteiger partial charge is 0.497 e. The van der Waals surface area contributed by atoms with E-state index in [4.69, 9.17) is 19.2 Å². The summed E-state index contributed by atoms with van der Waals surface area (Å²) in [5.74, 6) is -1.67. The van der Waals surface area contributed by atoms with Crippen molar-refractivity contribution in [3.05, 3.63) is 67.3 Å². The normalized spacial score (nSPS) is 22.3. The van der Waals surface area contributed by atoms with E-state index in [-0.39, 0.29) is 19.4 Å². The second-order valence-electron chi connectivity index (χ2n) is 15.0. The van der Waals surface area contributed by atoms with Gasteiger partial charge in [-0.25, -0.2) is 14.6 Å². The van der Waals surface area contributed by atoms with E-state index in [1.807, 2.05) is 48.5 Å². The molecule has 2 unspecified atom stereocenters. The zero-order valence-electron chi connectivity index (χ0n) is 29.6. The summed E-state index contributed by atoms with van der Waals surface area (Å²) in [7, 11) is 1.57. The lowest BCUT2D eigenvalue weighted by atomic mass is 9.85. The number of ether oxygens (including phenoxy) is 3. The molecule has 1 aliphatic carbocycles. The molecule has 266 valence electrons. The number of carboxylic acid groups (broad SMARTS) is 1. The van der Waals surface area contributed by atoms with Gasteiger partial charge in [0, 0.05) is 35.4 Å². The molecule has 12 heteroatoms. The first-order valence-electron chi connectivity index (χ1n) is 16.6. The number of hydrogen-bond donors (Lipinski definition) is 3. The molecule has 0 spiro atoms. The third-order valence-corrected chi connectivity index (χ3v) is 8.99. The Kier molecular flexibility index (Phi) is 9.87. The number of rotatable bonds is 10. The molecule has 3 aromatic rings. The predicted molar refractivity (Wildman–Crippen MR) is 188 cm³/mol. The van der Waals surface area contributed by atoms with Crippen molar-refractivity contribution >= 4 is 34.8 Å². The molecule has 1 saturated carbocycles. The topological polar surface area (TPSA) is 156 Å². The van der Waals surface area contributed by atoms with Gasteiger partial charge in [-0.3, -0.25) is 9.59 Å². The molecule has 0 radical (unpaired) electrons. The predicted octanol–water partition coefficient (Wildman–Crippen LogP) is 5.34. The van der Waals surface area contributed by atoms with Crippen LogP contribution in [0.4, 0.5) is 4.79 Å². The third-order valence-electron chi connectivity index (χ3n) is 8.99. The van der Waals surface area contributed by atoms with Gasteiger partial charge < -0.3 is 34.9 Å². The van der Waals surface area contributed by atoms with Gasteiger partial charge >= 0.3 is 12.1 Å². The molecule has 0 bridgehead atoms. The third kappa shape index (κ3) is 7.69. The summed E-state index contributed by atoms with van der Waals surface area (Å²) in [6.07, 6.45) is 0.311. The number of pyridine rings is 1. The first-order chi connectivity index (χ1) is 23.5. The van der Waals surface area contributed by atoms with Crippen LogP contribution in [0.2, 0.25) is 0 Å². The Morgan fingerprint density at radius 2 is 1.76 bits per heavy atom. The highest BCUT2D eigenvalue weighted by Crippen LogP contribution is 2.45. The molecule has 3 amide bonds. The minimum absolute atomic E-state index is 0.00883. The van der Waals surface area contributed by atoms with E-state index < -0.39 is 64.5 Å². The maximum Gasteiger partial charge on any atom is 0.408 e. The van der Waals surface area contributed by atoms with Gasteiger partial charge in [0.2, 0.25) is 11.8 Å². The number of fused-ring (bicyclic) bond motifs is 1. The van der Waals surface area contributed by atoms with Gasteiger partial charge in [-0.1, -0.05) is 57.2 Å². The Bertz CT molecular complexity index is 1800. The number of carbonyl (C=O) groups excluding carboxylic acids is 3. The van der Waals surface area contributed by atoms with Crippen molar-refractivity contribution in [2.75, 3.05) is 13.7 Å². The van der Waals surface area contributed by atoms with E-state index in [1.165, 1.54) is 11.0 Å². The lowest BCUT2D eigenvalue weighted by Crippen LogP contribution is -2.59. The zero-order chi connectivity index (χ0) is 36.6. The monoisotopic (exact) mass is 686 g/mol. The summed E-state index contributed by atoms with van der Waals surface area (Å²) in [6, 6.07) is 14.7. The highest BCUT2D eigenvalue weighted by atomic mass is 16.6. The first kappa shape index (κ1) is 36.2. The van der Waals surface area contributed by atoms with Crippen LogP contribution in [0.5, 0.6) is 11.5 Å². The second kappa shape index (κ2) is 13.6. The number of aromatic nitrogens is 1. The highest BCUT2D eigenvalue weighted by molar-refractivity contribution is 5.96. The molecule has 50 heavy (non-hydrogen) atoms. The molecule has 3 N–H and O–H groups in total. The van der Waals surface area contributed by atoms with Gasteiger partial charge in [0.05, 0.1) is 24.9 Å². The summed E-state index contributed by atoms with van der Waals surface area (Å²) < 4.78 is 17.5. The van der Waals surface area contributed by atoms with Crippen LogP contribution < -0.4 is 20.1 Å². The van der Waals surface area contributed by atoms with Crippen LogP contribution >= 0.6 is 0 Å². The van der Waals surface area contributed by atoms with Gasteiger partial charge in [-0.05, 0) is 44.7 Å². The summed E-state index contributed by atoms with van der Waals surface area (Å²) >= 11 is 0. The van der Waals surface area contributed by atoms with Crippen LogP contribution in [-0.4, -0.2) is 81.8 Å². The van der Waals surface area contributed by atoms with E-state index >= 15 is 0 Å². The Hall–Kier alpha value is -5.13. The van der Waals surface area contributed by atoms with E-state index in [9.17, 15) is 24.3 Å². The van der Waals surface area contributed by atoms with Crippen molar-refractivity contribution in [1.29, 1.82) is 0 Å². The van der Waals surface area contributed by atoms with E-state index in [0.717, 1.165) is 5.56 Å².